The number of allylic oxidation sites excluding steroid dienone is 1. The van der Waals surface area contributed by atoms with Crippen molar-refractivity contribution < 1.29 is 4.74 Å². The Labute approximate surface area is 80.1 Å². The first kappa shape index (κ1) is 9.22. The number of nitrogens with two attached hydrogens (primary N) is 1. The van der Waals surface area contributed by atoms with E-state index in [1.165, 1.54) is 24.8 Å². The van der Waals surface area contributed by atoms with Gasteiger partial charge in [0.15, 0.2) is 0 Å². The van der Waals surface area contributed by atoms with Crippen LogP contribution in [-0.2, 0) is 4.74 Å². The normalized spacial score (nSPS) is 33.8. The van der Waals surface area contributed by atoms with E-state index in [0.29, 0.717) is 12.1 Å². The van der Waals surface area contributed by atoms with Gasteiger partial charge in [-0.25, -0.2) is 0 Å². The van der Waals surface area contributed by atoms with E-state index in [2.05, 4.69) is 6.08 Å². The maximum atomic E-state index is 5.81. The second-order valence-corrected chi connectivity index (χ2v) is 4.26. The Morgan fingerprint density at radius 1 is 1.46 bits per heavy atom. The molecular formula is C11H19NO. The van der Waals surface area contributed by atoms with Gasteiger partial charge in [-0.05, 0) is 44.1 Å². The maximum Gasteiger partial charge on any atom is 0.0680 e. The molecule has 0 aromatic heterocycles. The lowest BCUT2D eigenvalue weighted by molar-refractivity contribution is 0.0734. The maximum absolute atomic E-state index is 5.81. The third-order valence-corrected chi connectivity index (χ3v) is 3.06. The van der Waals surface area contributed by atoms with Gasteiger partial charge in [-0.3, -0.25) is 0 Å². The number of ether oxygens (including phenoxy) is 1. The number of hydrogen-bond donors (Lipinski definition) is 1. The van der Waals surface area contributed by atoms with Crippen LogP contribution in [0.15, 0.2) is 11.6 Å². The molecule has 0 aromatic rings. The fraction of sp³-hybridized carbons (Fsp3) is 0.818. The molecule has 2 nitrogen and oxygen atoms in total. The molecular weight excluding hydrogens is 162 g/mol. The molecule has 0 amide bonds. The molecule has 0 spiro atoms. The number of rotatable bonds is 3. The first-order valence-electron chi connectivity index (χ1n) is 5.39. The van der Waals surface area contributed by atoms with E-state index in [4.69, 9.17) is 10.5 Å². The Hall–Kier alpha value is -0.340. The molecule has 2 rings (SSSR count). The molecule has 2 N–H and O–H groups in total. The van der Waals surface area contributed by atoms with Crippen LogP contribution in [0.4, 0.5) is 0 Å². The molecule has 2 heteroatoms. The Morgan fingerprint density at radius 3 is 3.00 bits per heavy atom. The van der Waals surface area contributed by atoms with Crippen LogP contribution in [0.3, 0.4) is 0 Å². The van der Waals surface area contributed by atoms with Gasteiger partial charge in [0.2, 0.25) is 0 Å². The zero-order valence-electron chi connectivity index (χ0n) is 8.17. The van der Waals surface area contributed by atoms with Gasteiger partial charge in [0.1, 0.15) is 0 Å². The predicted octanol–water partition coefficient (Wildman–Crippen LogP) is 1.99. The van der Waals surface area contributed by atoms with Gasteiger partial charge in [0.05, 0.1) is 12.7 Å². The molecule has 0 saturated heterocycles. The van der Waals surface area contributed by atoms with Crippen molar-refractivity contribution in [2.24, 2.45) is 5.73 Å². The summed E-state index contributed by atoms with van der Waals surface area (Å²) in [6.45, 7) is 0.859. The topological polar surface area (TPSA) is 35.2 Å². The predicted molar refractivity (Wildman–Crippen MR) is 53.5 cm³/mol. The Balaban J connectivity index is 1.67. The molecule has 0 aromatic carbocycles. The van der Waals surface area contributed by atoms with Crippen molar-refractivity contribution in [3.05, 3.63) is 11.6 Å². The van der Waals surface area contributed by atoms with Gasteiger partial charge < -0.3 is 10.5 Å². The van der Waals surface area contributed by atoms with Crippen molar-refractivity contribution in [1.82, 2.24) is 0 Å². The Bertz CT molecular complexity index is 200. The summed E-state index contributed by atoms with van der Waals surface area (Å²) in [5.74, 6) is 0. The largest absolute Gasteiger partial charge is 0.374 e. The van der Waals surface area contributed by atoms with Crippen LogP contribution in [0.2, 0.25) is 0 Å². The summed E-state index contributed by atoms with van der Waals surface area (Å²) in [5.41, 5.74) is 7.31. The fourth-order valence-corrected chi connectivity index (χ4v) is 2.22. The Morgan fingerprint density at radius 2 is 2.38 bits per heavy atom. The summed E-state index contributed by atoms with van der Waals surface area (Å²) in [4.78, 5) is 0. The SMILES string of the molecule is NC1CCC(OCC2=CCCC2)C1. The fourth-order valence-electron chi connectivity index (χ4n) is 2.22. The minimum absolute atomic E-state index is 0.391. The van der Waals surface area contributed by atoms with E-state index in [1.807, 2.05) is 0 Å². The average Bonchev–Trinajstić information content (AvgIpc) is 2.71. The van der Waals surface area contributed by atoms with Crippen molar-refractivity contribution in [3.8, 4) is 0 Å². The van der Waals surface area contributed by atoms with Crippen molar-refractivity contribution in [2.45, 2.75) is 50.7 Å². The average molecular weight is 181 g/mol. The van der Waals surface area contributed by atoms with E-state index in [-0.39, 0.29) is 0 Å². The van der Waals surface area contributed by atoms with E-state index in [1.54, 1.807) is 0 Å². The van der Waals surface area contributed by atoms with Gasteiger partial charge in [-0.2, -0.15) is 0 Å². The van der Waals surface area contributed by atoms with Crippen LogP contribution in [0.5, 0.6) is 0 Å². The molecule has 0 bridgehead atoms. The first-order chi connectivity index (χ1) is 6.34. The molecule has 1 fully saturated rings. The summed E-state index contributed by atoms with van der Waals surface area (Å²) < 4.78 is 5.81. The second kappa shape index (κ2) is 4.25. The summed E-state index contributed by atoms with van der Waals surface area (Å²) in [6.07, 6.45) is 9.96. The minimum atomic E-state index is 0.391. The molecule has 74 valence electrons. The van der Waals surface area contributed by atoms with Gasteiger partial charge in [-0.1, -0.05) is 6.08 Å². The van der Waals surface area contributed by atoms with E-state index in [0.717, 1.165) is 25.9 Å². The van der Waals surface area contributed by atoms with E-state index >= 15 is 0 Å². The standard InChI is InChI=1S/C11H19NO/c12-10-5-6-11(7-10)13-8-9-3-1-2-4-9/h3,10-11H,1-2,4-8,12H2. The lowest BCUT2D eigenvalue weighted by Gasteiger charge is -2.11. The monoisotopic (exact) mass is 181 g/mol. The highest BCUT2D eigenvalue weighted by atomic mass is 16.5. The summed E-state index contributed by atoms with van der Waals surface area (Å²) in [6, 6.07) is 0.391. The van der Waals surface area contributed by atoms with Crippen molar-refractivity contribution in [2.75, 3.05) is 6.61 Å². The van der Waals surface area contributed by atoms with Crippen LogP contribution in [-0.4, -0.2) is 18.8 Å². The van der Waals surface area contributed by atoms with Gasteiger partial charge >= 0.3 is 0 Å². The van der Waals surface area contributed by atoms with Gasteiger partial charge in [-0.15, -0.1) is 0 Å². The third-order valence-electron chi connectivity index (χ3n) is 3.06. The zero-order valence-corrected chi connectivity index (χ0v) is 8.17. The highest BCUT2D eigenvalue weighted by Crippen LogP contribution is 2.23. The molecule has 2 aliphatic carbocycles. The van der Waals surface area contributed by atoms with Crippen LogP contribution < -0.4 is 5.73 Å². The molecule has 2 aliphatic rings. The van der Waals surface area contributed by atoms with Crippen LogP contribution in [0, 0.1) is 0 Å². The van der Waals surface area contributed by atoms with E-state index in [9.17, 15) is 0 Å². The van der Waals surface area contributed by atoms with Crippen molar-refractivity contribution >= 4 is 0 Å². The molecule has 2 unspecified atom stereocenters. The first-order valence-corrected chi connectivity index (χ1v) is 5.39. The molecule has 0 aliphatic heterocycles. The smallest absolute Gasteiger partial charge is 0.0680 e. The lowest BCUT2D eigenvalue weighted by Crippen LogP contribution is -2.18. The summed E-state index contributed by atoms with van der Waals surface area (Å²) in [5, 5.41) is 0. The quantitative estimate of drug-likeness (QED) is 0.676. The molecule has 0 heterocycles. The molecule has 2 atom stereocenters. The highest BCUT2D eigenvalue weighted by molar-refractivity contribution is 5.07. The number of hydrogen-bond acceptors (Lipinski definition) is 2. The lowest BCUT2D eigenvalue weighted by atomic mass is 10.2. The second-order valence-electron chi connectivity index (χ2n) is 4.26. The molecule has 1 saturated carbocycles. The van der Waals surface area contributed by atoms with Crippen molar-refractivity contribution in [3.63, 3.8) is 0 Å². The van der Waals surface area contributed by atoms with E-state index < -0.39 is 0 Å². The van der Waals surface area contributed by atoms with Crippen molar-refractivity contribution in [1.29, 1.82) is 0 Å². The Kier molecular flexibility index (Phi) is 3.01. The summed E-state index contributed by atoms with van der Waals surface area (Å²) >= 11 is 0. The van der Waals surface area contributed by atoms with Crippen LogP contribution in [0.1, 0.15) is 38.5 Å². The van der Waals surface area contributed by atoms with Gasteiger partial charge in [0.25, 0.3) is 0 Å². The third kappa shape index (κ3) is 2.55. The molecule has 13 heavy (non-hydrogen) atoms. The zero-order chi connectivity index (χ0) is 9.10. The molecule has 0 radical (unpaired) electrons. The van der Waals surface area contributed by atoms with Crippen LogP contribution >= 0.6 is 0 Å². The summed E-state index contributed by atoms with van der Waals surface area (Å²) in [7, 11) is 0. The van der Waals surface area contributed by atoms with Crippen LogP contribution in [0.25, 0.3) is 0 Å². The minimum Gasteiger partial charge on any atom is -0.374 e. The highest BCUT2D eigenvalue weighted by Gasteiger charge is 2.22. The van der Waals surface area contributed by atoms with Gasteiger partial charge in [0, 0.05) is 6.04 Å².